The lowest BCUT2D eigenvalue weighted by molar-refractivity contribution is 0.251. The Bertz CT molecular complexity index is 388. The van der Waals surface area contributed by atoms with Crippen LogP contribution in [-0.4, -0.2) is 12.1 Å². The number of aryl methyl sites for hydroxylation is 2. The molecule has 1 aromatic rings. The first-order valence-electron chi connectivity index (χ1n) is 6.42. The second kappa shape index (κ2) is 5.21. The van der Waals surface area contributed by atoms with Gasteiger partial charge in [-0.05, 0) is 36.8 Å². The summed E-state index contributed by atoms with van der Waals surface area (Å²) in [5, 5.41) is 5.96. The fraction of sp³-hybridized carbons (Fsp3) is 0.500. The molecule has 1 aromatic carbocycles. The van der Waals surface area contributed by atoms with Crippen molar-refractivity contribution < 1.29 is 4.79 Å². The summed E-state index contributed by atoms with van der Waals surface area (Å²) in [5.41, 5.74) is 3.40. The molecule has 0 atom stereocenters. The van der Waals surface area contributed by atoms with E-state index in [2.05, 4.69) is 42.7 Å². The minimum absolute atomic E-state index is 0.0666. The molecule has 2 N–H and O–H groups in total. The van der Waals surface area contributed by atoms with E-state index in [0.29, 0.717) is 6.04 Å². The number of anilines is 1. The molecule has 1 aliphatic rings. The van der Waals surface area contributed by atoms with Crippen molar-refractivity contribution >= 4 is 11.7 Å². The third kappa shape index (κ3) is 2.99. The van der Waals surface area contributed by atoms with Crippen LogP contribution in [0.3, 0.4) is 0 Å². The molecule has 0 radical (unpaired) electrons. The van der Waals surface area contributed by atoms with E-state index in [4.69, 9.17) is 0 Å². The molecule has 2 amide bonds. The van der Waals surface area contributed by atoms with E-state index < -0.39 is 0 Å². The summed E-state index contributed by atoms with van der Waals surface area (Å²) < 4.78 is 0. The number of hydrogen-bond acceptors (Lipinski definition) is 1. The summed E-state index contributed by atoms with van der Waals surface area (Å²) in [4.78, 5) is 11.8. The van der Waals surface area contributed by atoms with Crippen molar-refractivity contribution in [1.29, 1.82) is 0 Å². The van der Waals surface area contributed by atoms with Crippen LogP contribution in [-0.2, 0) is 12.8 Å². The topological polar surface area (TPSA) is 41.1 Å². The van der Waals surface area contributed by atoms with Gasteiger partial charge in [0.15, 0.2) is 0 Å². The maximum Gasteiger partial charge on any atom is 0.319 e. The number of carbonyl (C=O) groups excluding carboxylic acids is 1. The molecular formula is C14H20N2O. The number of hydrogen-bond donors (Lipinski definition) is 2. The van der Waals surface area contributed by atoms with Gasteiger partial charge in [-0.25, -0.2) is 4.79 Å². The summed E-state index contributed by atoms with van der Waals surface area (Å²) in [6.07, 6.45) is 4.10. The van der Waals surface area contributed by atoms with Gasteiger partial charge in [0.2, 0.25) is 0 Å². The Labute approximate surface area is 103 Å². The van der Waals surface area contributed by atoms with E-state index in [1.807, 2.05) is 0 Å². The maximum absolute atomic E-state index is 11.8. The normalized spacial score (nSPS) is 14.5. The van der Waals surface area contributed by atoms with E-state index in [9.17, 15) is 4.79 Å². The zero-order valence-corrected chi connectivity index (χ0v) is 10.5. The fourth-order valence-corrected chi connectivity index (χ4v) is 1.97. The van der Waals surface area contributed by atoms with Crippen LogP contribution in [0, 0.1) is 0 Å². The number of nitrogens with one attached hydrogen (secondary N) is 2. The van der Waals surface area contributed by atoms with E-state index >= 15 is 0 Å². The highest BCUT2D eigenvalue weighted by molar-refractivity contribution is 5.91. The molecule has 1 aliphatic carbocycles. The van der Waals surface area contributed by atoms with Gasteiger partial charge in [0, 0.05) is 11.7 Å². The number of benzene rings is 1. The highest BCUT2D eigenvalue weighted by atomic mass is 16.2. The van der Waals surface area contributed by atoms with E-state index in [1.54, 1.807) is 0 Å². The average molecular weight is 232 g/mol. The Morgan fingerprint density at radius 3 is 2.29 bits per heavy atom. The zero-order valence-electron chi connectivity index (χ0n) is 10.5. The van der Waals surface area contributed by atoms with Gasteiger partial charge in [-0.3, -0.25) is 0 Å². The molecule has 0 unspecified atom stereocenters. The Kier molecular flexibility index (Phi) is 3.67. The molecule has 1 fully saturated rings. The predicted octanol–water partition coefficient (Wildman–Crippen LogP) is 3.10. The van der Waals surface area contributed by atoms with Crippen LogP contribution >= 0.6 is 0 Å². The molecular weight excluding hydrogens is 212 g/mol. The number of rotatable bonds is 4. The van der Waals surface area contributed by atoms with E-state index in [1.165, 1.54) is 11.1 Å². The second-order valence-electron chi connectivity index (χ2n) is 4.53. The molecule has 2 rings (SSSR count). The fourth-order valence-electron chi connectivity index (χ4n) is 1.97. The average Bonchev–Trinajstić information content (AvgIpc) is 3.13. The van der Waals surface area contributed by atoms with Crippen molar-refractivity contribution in [3.8, 4) is 0 Å². The Morgan fingerprint density at radius 1 is 1.24 bits per heavy atom. The molecule has 0 spiro atoms. The van der Waals surface area contributed by atoms with Gasteiger partial charge < -0.3 is 10.6 Å². The Morgan fingerprint density at radius 2 is 1.82 bits per heavy atom. The molecule has 0 saturated heterocycles. The summed E-state index contributed by atoms with van der Waals surface area (Å²) in [5.74, 6) is 0. The first-order valence-corrected chi connectivity index (χ1v) is 6.42. The van der Waals surface area contributed by atoms with E-state index in [-0.39, 0.29) is 6.03 Å². The second-order valence-corrected chi connectivity index (χ2v) is 4.53. The lowest BCUT2D eigenvalue weighted by Gasteiger charge is -2.14. The summed E-state index contributed by atoms with van der Waals surface area (Å²) in [6, 6.07) is 6.54. The van der Waals surface area contributed by atoms with E-state index in [0.717, 1.165) is 31.4 Å². The summed E-state index contributed by atoms with van der Waals surface area (Å²) in [6.45, 7) is 4.22. The van der Waals surface area contributed by atoms with Crippen LogP contribution in [0.5, 0.6) is 0 Å². The minimum Gasteiger partial charge on any atom is -0.335 e. The quantitative estimate of drug-likeness (QED) is 0.823. The molecule has 0 bridgehead atoms. The van der Waals surface area contributed by atoms with Gasteiger partial charge in [0.25, 0.3) is 0 Å². The summed E-state index contributed by atoms with van der Waals surface area (Å²) in [7, 11) is 0. The van der Waals surface area contributed by atoms with Crippen molar-refractivity contribution in [3.63, 3.8) is 0 Å². The van der Waals surface area contributed by atoms with Crippen LogP contribution < -0.4 is 10.6 Å². The molecule has 0 aromatic heterocycles. The standard InChI is InChI=1S/C14H20N2O/c1-3-10-6-5-7-11(4-2)13(10)16-14(17)15-12-8-9-12/h5-7,12H,3-4,8-9H2,1-2H3,(H2,15,16,17). The van der Waals surface area contributed by atoms with Gasteiger partial charge in [0.05, 0.1) is 0 Å². The Hall–Kier alpha value is -1.51. The molecule has 1 saturated carbocycles. The first-order chi connectivity index (χ1) is 8.24. The van der Waals surface area contributed by atoms with Gasteiger partial charge in [-0.15, -0.1) is 0 Å². The van der Waals surface area contributed by atoms with Gasteiger partial charge in [0.1, 0.15) is 0 Å². The lowest BCUT2D eigenvalue weighted by Crippen LogP contribution is -2.31. The van der Waals surface area contributed by atoms with Crippen molar-refractivity contribution in [2.24, 2.45) is 0 Å². The van der Waals surface area contributed by atoms with Crippen molar-refractivity contribution in [2.75, 3.05) is 5.32 Å². The third-order valence-corrected chi connectivity index (χ3v) is 3.15. The van der Waals surface area contributed by atoms with Crippen LogP contribution in [0.1, 0.15) is 37.8 Å². The van der Waals surface area contributed by atoms with Crippen molar-refractivity contribution in [1.82, 2.24) is 5.32 Å². The Balaban J connectivity index is 2.13. The smallest absolute Gasteiger partial charge is 0.319 e. The molecule has 0 aliphatic heterocycles. The third-order valence-electron chi connectivity index (χ3n) is 3.15. The van der Waals surface area contributed by atoms with Crippen LogP contribution in [0.4, 0.5) is 10.5 Å². The zero-order chi connectivity index (χ0) is 12.3. The molecule has 0 heterocycles. The van der Waals surface area contributed by atoms with Crippen LogP contribution in [0.2, 0.25) is 0 Å². The number of urea groups is 1. The summed E-state index contributed by atoms with van der Waals surface area (Å²) >= 11 is 0. The largest absolute Gasteiger partial charge is 0.335 e. The van der Waals surface area contributed by atoms with Gasteiger partial charge >= 0.3 is 6.03 Å². The van der Waals surface area contributed by atoms with Crippen LogP contribution in [0.25, 0.3) is 0 Å². The molecule has 3 nitrogen and oxygen atoms in total. The highest BCUT2D eigenvalue weighted by Crippen LogP contribution is 2.23. The minimum atomic E-state index is -0.0666. The molecule has 17 heavy (non-hydrogen) atoms. The number of carbonyl (C=O) groups is 1. The SMILES string of the molecule is CCc1cccc(CC)c1NC(=O)NC1CC1. The van der Waals surface area contributed by atoms with Crippen molar-refractivity contribution in [2.45, 2.75) is 45.6 Å². The highest BCUT2D eigenvalue weighted by Gasteiger charge is 2.23. The van der Waals surface area contributed by atoms with Gasteiger partial charge in [-0.2, -0.15) is 0 Å². The first kappa shape index (κ1) is 12.0. The maximum atomic E-state index is 11.8. The monoisotopic (exact) mass is 232 g/mol. The lowest BCUT2D eigenvalue weighted by atomic mass is 10.0. The predicted molar refractivity (Wildman–Crippen MR) is 70.4 cm³/mol. The van der Waals surface area contributed by atoms with Gasteiger partial charge in [-0.1, -0.05) is 32.0 Å². The van der Waals surface area contributed by atoms with Crippen molar-refractivity contribution in [3.05, 3.63) is 29.3 Å². The van der Waals surface area contributed by atoms with Crippen LogP contribution in [0.15, 0.2) is 18.2 Å². The number of amides is 2. The molecule has 3 heteroatoms. The molecule has 92 valence electrons. The number of para-hydroxylation sites is 1.